The van der Waals surface area contributed by atoms with Crippen molar-refractivity contribution in [2.75, 3.05) is 42.6 Å². The molecule has 9 nitrogen and oxygen atoms in total. The van der Waals surface area contributed by atoms with Crippen LogP contribution in [0.4, 0.5) is 5.69 Å². The number of halogens is 2. The number of anilines is 1. The van der Waals surface area contributed by atoms with Crippen LogP contribution in [0.25, 0.3) is 16.3 Å². The van der Waals surface area contributed by atoms with Crippen LogP contribution in [0.1, 0.15) is 64.8 Å². The zero-order valence-electron chi connectivity index (χ0n) is 27.8. The maximum atomic E-state index is 11.2. The van der Waals surface area contributed by atoms with Crippen LogP contribution in [0.2, 0.25) is 10.0 Å². The van der Waals surface area contributed by atoms with E-state index in [-0.39, 0.29) is 12.2 Å². The summed E-state index contributed by atoms with van der Waals surface area (Å²) < 4.78 is 67.9. The largest absolute Gasteiger partial charge is 0.748 e. The first-order chi connectivity index (χ1) is 22.7. The SMILES string of the molecule is CCC(=Cc1sc2ccc(Cl)cc2[n+]1CCCCS(=O)(=O)[O-])C=C1Sc2ccc(Cl)cc2N1CCCCS(=O)(=O)O.CCN(CC)CC. The fourth-order valence-electron chi connectivity index (χ4n) is 5.16. The second-order valence-corrected chi connectivity index (χ2v) is 17.3. The Bertz CT molecular complexity index is 1800. The summed E-state index contributed by atoms with van der Waals surface area (Å²) >= 11 is 15.8. The molecule has 3 aromatic rings. The highest BCUT2D eigenvalue weighted by Gasteiger charge is 2.26. The lowest BCUT2D eigenvalue weighted by atomic mass is 10.2. The number of aromatic nitrogens is 1. The number of fused-ring (bicyclic) bond motifs is 2. The summed E-state index contributed by atoms with van der Waals surface area (Å²) in [4.78, 5) is 5.55. The van der Waals surface area contributed by atoms with Gasteiger partial charge in [0.2, 0.25) is 5.52 Å². The van der Waals surface area contributed by atoms with E-state index in [1.165, 1.54) is 19.6 Å². The van der Waals surface area contributed by atoms with Crippen molar-refractivity contribution in [2.24, 2.45) is 0 Å². The Morgan fingerprint density at radius 2 is 1.58 bits per heavy atom. The Balaban J connectivity index is 0.000000804. The molecule has 266 valence electrons. The fourth-order valence-corrected chi connectivity index (χ4v) is 8.91. The van der Waals surface area contributed by atoms with Crippen molar-refractivity contribution >= 4 is 88.5 Å². The number of thiazole rings is 1. The third-order valence-corrected chi connectivity index (χ3v) is 12.1. The molecular formula is C33H45Cl2N3O6S4. The molecule has 0 radical (unpaired) electrons. The van der Waals surface area contributed by atoms with Crippen molar-refractivity contribution in [1.29, 1.82) is 0 Å². The third-order valence-electron chi connectivity index (χ3n) is 7.81. The van der Waals surface area contributed by atoms with Crippen molar-refractivity contribution in [1.82, 2.24) is 4.90 Å². The molecule has 1 aliphatic rings. The number of hydrogen-bond acceptors (Lipinski definition) is 9. The summed E-state index contributed by atoms with van der Waals surface area (Å²) in [6.07, 6.45) is 6.66. The molecule has 1 aromatic heterocycles. The van der Waals surface area contributed by atoms with Crippen LogP contribution in [-0.2, 0) is 26.8 Å². The zero-order chi connectivity index (χ0) is 35.5. The van der Waals surface area contributed by atoms with Crippen LogP contribution in [0, 0.1) is 0 Å². The van der Waals surface area contributed by atoms with Gasteiger partial charge in [-0.3, -0.25) is 4.55 Å². The standard InChI is InChI=1S/C27H30Cl2N2O6S4.C6H15N/c1-2-19(15-26-30(11-3-5-13-40(32,33)34)22-17-20(28)7-9-24(22)38-26)16-27-31(12-4-6-14-41(35,36)37)23-18-21(29)8-10-25(23)39-27;1-4-7(5-2)6-3/h7-10,15-18H,2-6,11-14H2,1H3,(H-,32,33,34,35,36,37);4-6H2,1-3H3. The number of thioether (sulfide) groups is 1. The van der Waals surface area contributed by atoms with Crippen molar-refractivity contribution in [3.63, 3.8) is 0 Å². The summed E-state index contributed by atoms with van der Waals surface area (Å²) in [5.41, 5.74) is 2.96. The van der Waals surface area contributed by atoms with Crippen LogP contribution in [0.5, 0.6) is 0 Å². The molecule has 2 aromatic carbocycles. The van der Waals surface area contributed by atoms with E-state index in [4.69, 9.17) is 27.8 Å². The van der Waals surface area contributed by atoms with Crippen molar-refractivity contribution in [2.45, 2.75) is 71.2 Å². The number of aryl methyl sites for hydroxylation is 1. The van der Waals surface area contributed by atoms with Gasteiger partial charge in [-0.25, -0.2) is 8.42 Å². The Labute approximate surface area is 304 Å². The first-order valence-corrected chi connectivity index (χ1v) is 21.7. The van der Waals surface area contributed by atoms with E-state index < -0.39 is 26.0 Å². The van der Waals surface area contributed by atoms with Crippen LogP contribution >= 0.6 is 46.3 Å². The minimum Gasteiger partial charge on any atom is -0.748 e. The average molecular weight is 779 g/mol. The van der Waals surface area contributed by atoms with Gasteiger partial charge in [-0.15, -0.1) is 0 Å². The van der Waals surface area contributed by atoms with Gasteiger partial charge in [0.15, 0.2) is 6.54 Å². The lowest BCUT2D eigenvalue weighted by molar-refractivity contribution is -0.669. The van der Waals surface area contributed by atoms with Gasteiger partial charge in [0, 0.05) is 45.8 Å². The number of rotatable bonds is 16. The molecule has 0 saturated heterocycles. The van der Waals surface area contributed by atoms with E-state index in [9.17, 15) is 21.4 Å². The second-order valence-electron chi connectivity index (χ2n) is 11.2. The maximum absolute atomic E-state index is 11.2. The van der Waals surface area contributed by atoms with Gasteiger partial charge in [-0.1, -0.05) is 74.0 Å². The molecule has 0 fully saturated rings. The molecule has 0 amide bonds. The van der Waals surface area contributed by atoms with Crippen LogP contribution in [-0.4, -0.2) is 68.5 Å². The molecule has 0 atom stereocenters. The van der Waals surface area contributed by atoms with Gasteiger partial charge in [0.1, 0.15) is 4.70 Å². The van der Waals surface area contributed by atoms with Crippen molar-refractivity contribution in [3.8, 4) is 0 Å². The molecule has 1 N–H and O–H groups in total. The Hall–Kier alpha value is -1.68. The number of hydrogen-bond donors (Lipinski definition) is 1. The molecule has 48 heavy (non-hydrogen) atoms. The van der Waals surface area contributed by atoms with Crippen LogP contribution in [0.3, 0.4) is 0 Å². The summed E-state index contributed by atoms with van der Waals surface area (Å²) in [6, 6.07) is 11.4. The average Bonchev–Trinajstić information content (AvgIpc) is 3.53. The van der Waals surface area contributed by atoms with Crippen molar-refractivity contribution in [3.05, 3.63) is 68.1 Å². The molecular weight excluding hydrogens is 734 g/mol. The molecule has 15 heteroatoms. The highest BCUT2D eigenvalue weighted by molar-refractivity contribution is 8.03. The summed E-state index contributed by atoms with van der Waals surface area (Å²) in [6.45, 7) is 13.3. The summed E-state index contributed by atoms with van der Waals surface area (Å²) in [5.74, 6) is -0.679. The molecule has 0 saturated carbocycles. The van der Waals surface area contributed by atoms with Crippen molar-refractivity contribution < 1.29 is 30.5 Å². The highest BCUT2D eigenvalue weighted by Crippen LogP contribution is 2.47. The summed E-state index contributed by atoms with van der Waals surface area (Å²) in [7, 11) is -8.28. The van der Waals surface area contributed by atoms with E-state index in [0.717, 1.165) is 42.8 Å². The number of benzene rings is 2. The van der Waals surface area contributed by atoms with Gasteiger partial charge in [-0.05, 0) is 87.3 Å². The third kappa shape index (κ3) is 12.9. The minimum absolute atomic E-state index is 0.272. The number of unbranched alkanes of at least 4 members (excludes halogenated alkanes) is 2. The van der Waals surface area contributed by atoms with Gasteiger partial charge in [0.05, 0.1) is 26.6 Å². The zero-order valence-corrected chi connectivity index (χ0v) is 32.6. The second kappa shape index (κ2) is 19.1. The normalized spacial score (nSPS) is 14.6. The number of nitrogens with zero attached hydrogens (tertiary/aromatic N) is 3. The molecule has 0 bridgehead atoms. The lowest BCUT2D eigenvalue weighted by Crippen LogP contribution is -2.35. The predicted molar refractivity (Wildman–Crippen MR) is 201 cm³/mol. The molecule has 2 heterocycles. The Morgan fingerprint density at radius 1 is 0.938 bits per heavy atom. The topological polar surface area (TPSA) is 122 Å². The molecule has 1 aliphatic heterocycles. The Kier molecular flexibility index (Phi) is 16.2. The van der Waals surface area contributed by atoms with Gasteiger partial charge in [-0.2, -0.15) is 13.0 Å². The highest BCUT2D eigenvalue weighted by atomic mass is 35.5. The van der Waals surface area contributed by atoms with Gasteiger partial charge >= 0.3 is 0 Å². The summed E-state index contributed by atoms with van der Waals surface area (Å²) in [5, 5.41) is 3.17. The fraction of sp³-hybridized carbons (Fsp3) is 0.485. The van der Waals surface area contributed by atoms with Crippen LogP contribution in [0.15, 0.2) is 58.0 Å². The van der Waals surface area contributed by atoms with E-state index in [1.807, 2.05) is 36.4 Å². The van der Waals surface area contributed by atoms with E-state index in [2.05, 4.69) is 54.2 Å². The quantitative estimate of drug-likeness (QED) is 0.0874. The van der Waals surface area contributed by atoms with E-state index in [0.29, 0.717) is 42.4 Å². The smallest absolute Gasteiger partial charge is 0.264 e. The first kappa shape index (κ1) is 40.7. The lowest BCUT2D eigenvalue weighted by Gasteiger charge is -2.21. The molecule has 4 rings (SSSR count). The number of allylic oxidation sites excluding steroid dienone is 2. The predicted octanol–water partition coefficient (Wildman–Crippen LogP) is 8.08. The Morgan fingerprint density at radius 3 is 2.19 bits per heavy atom. The molecule has 0 spiro atoms. The van der Waals surface area contributed by atoms with Gasteiger partial charge in [0.25, 0.3) is 15.1 Å². The monoisotopic (exact) mass is 777 g/mol. The minimum atomic E-state index is -4.26. The molecule has 0 unspecified atom stereocenters. The first-order valence-electron chi connectivity index (χ1n) is 16.1. The maximum Gasteiger partial charge on any atom is 0.264 e. The van der Waals surface area contributed by atoms with Gasteiger partial charge < -0.3 is 14.4 Å². The van der Waals surface area contributed by atoms with Crippen LogP contribution < -0.4 is 9.47 Å². The van der Waals surface area contributed by atoms with E-state index in [1.54, 1.807) is 23.1 Å². The molecule has 0 aliphatic carbocycles. The van der Waals surface area contributed by atoms with E-state index >= 15 is 0 Å².